The van der Waals surface area contributed by atoms with Gasteiger partial charge in [0.2, 0.25) is 5.56 Å². The van der Waals surface area contributed by atoms with Gasteiger partial charge >= 0.3 is 5.97 Å². The second-order valence-corrected chi connectivity index (χ2v) is 4.12. The molecule has 0 fully saturated rings. The minimum absolute atomic E-state index is 0.172. The van der Waals surface area contributed by atoms with Crippen molar-refractivity contribution in [2.45, 2.75) is 26.3 Å². The van der Waals surface area contributed by atoms with Crippen LogP contribution in [0.1, 0.15) is 30.6 Å². The monoisotopic (exact) mass is 252 g/mol. The molecule has 1 amide bonds. The Balaban J connectivity index is 2.81. The first kappa shape index (κ1) is 14.0. The highest BCUT2D eigenvalue weighted by molar-refractivity contribution is 5.96. The summed E-state index contributed by atoms with van der Waals surface area (Å²) in [6.45, 7) is 3.61. The molecule has 1 aromatic rings. The van der Waals surface area contributed by atoms with Crippen LogP contribution in [0.3, 0.4) is 0 Å². The molecule has 0 aromatic carbocycles. The van der Waals surface area contributed by atoms with Crippen LogP contribution >= 0.6 is 0 Å². The summed E-state index contributed by atoms with van der Waals surface area (Å²) >= 11 is 0. The Morgan fingerprint density at radius 2 is 2.11 bits per heavy atom. The van der Waals surface area contributed by atoms with Gasteiger partial charge in [0.25, 0.3) is 5.91 Å². The van der Waals surface area contributed by atoms with Crippen LogP contribution in [0.25, 0.3) is 0 Å². The highest BCUT2D eigenvalue weighted by Crippen LogP contribution is 2.08. The zero-order chi connectivity index (χ0) is 13.7. The highest BCUT2D eigenvalue weighted by atomic mass is 16.4. The topological polar surface area (TPSA) is 99.3 Å². The van der Waals surface area contributed by atoms with Crippen molar-refractivity contribution in [1.29, 1.82) is 0 Å². The van der Waals surface area contributed by atoms with Crippen molar-refractivity contribution in [2.75, 3.05) is 0 Å². The number of carbonyl (C=O) groups excluding carboxylic acids is 1. The van der Waals surface area contributed by atoms with E-state index in [1.165, 1.54) is 18.3 Å². The van der Waals surface area contributed by atoms with Crippen molar-refractivity contribution < 1.29 is 14.7 Å². The van der Waals surface area contributed by atoms with E-state index in [2.05, 4.69) is 10.3 Å². The smallest absolute Gasteiger partial charge is 0.326 e. The van der Waals surface area contributed by atoms with Crippen LogP contribution in [0.5, 0.6) is 0 Å². The highest BCUT2D eigenvalue weighted by Gasteiger charge is 2.25. The Labute approximate surface area is 104 Å². The summed E-state index contributed by atoms with van der Waals surface area (Å²) in [6, 6.07) is 1.63. The van der Waals surface area contributed by atoms with Crippen molar-refractivity contribution in [3.05, 3.63) is 34.2 Å². The number of rotatable bonds is 5. The van der Waals surface area contributed by atoms with Crippen molar-refractivity contribution in [3.63, 3.8) is 0 Å². The molecule has 0 bridgehead atoms. The number of H-pyrrole nitrogens is 1. The predicted molar refractivity (Wildman–Crippen MR) is 65.4 cm³/mol. The third kappa shape index (κ3) is 3.44. The van der Waals surface area contributed by atoms with Crippen LogP contribution in [0.15, 0.2) is 23.1 Å². The quantitative estimate of drug-likeness (QED) is 0.714. The second-order valence-electron chi connectivity index (χ2n) is 4.12. The van der Waals surface area contributed by atoms with Crippen LogP contribution in [0, 0.1) is 5.92 Å². The largest absolute Gasteiger partial charge is 0.480 e. The number of aromatic nitrogens is 1. The van der Waals surface area contributed by atoms with Crippen LogP contribution in [-0.2, 0) is 4.79 Å². The standard InChI is InChI=1S/C12H16N2O4/c1-3-7(2)10(12(17)18)14-11(16)8-4-5-9(15)13-6-8/h4-7,10H,3H2,1-2H3,(H,13,15)(H,14,16)(H,17,18). The molecule has 2 unspecified atom stereocenters. The normalized spacial score (nSPS) is 13.7. The van der Waals surface area contributed by atoms with E-state index in [-0.39, 0.29) is 17.0 Å². The van der Waals surface area contributed by atoms with E-state index in [0.717, 1.165) is 0 Å². The minimum atomic E-state index is -1.07. The van der Waals surface area contributed by atoms with Gasteiger partial charge in [0, 0.05) is 12.3 Å². The van der Waals surface area contributed by atoms with Gasteiger partial charge < -0.3 is 15.4 Å². The zero-order valence-electron chi connectivity index (χ0n) is 10.3. The molecule has 98 valence electrons. The summed E-state index contributed by atoms with van der Waals surface area (Å²) in [5.74, 6) is -1.75. The summed E-state index contributed by atoms with van der Waals surface area (Å²) in [7, 11) is 0. The van der Waals surface area contributed by atoms with Crippen molar-refractivity contribution in [3.8, 4) is 0 Å². The molecule has 0 aliphatic heterocycles. The lowest BCUT2D eigenvalue weighted by atomic mass is 9.99. The van der Waals surface area contributed by atoms with Gasteiger partial charge in [0.1, 0.15) is 6.04 Å². The van der Waals surface area contributed by atoms with Crippen molar-refractivity contribution >= 4 is 11.9 Å². The van der Waals surface area contributed by atoms with Crippen LogP contribution in [0.4, 0.5) is 0 Å². The molecule has 0 radical (unpaired) electrons. The number of carboxylic acids is 1. The molecular weight excluding hydrogens is 236 g/mol. The van der Waals surface area contributed by atoms with Gasteiger partial charge in [-0.25, -0.2) is 4.79 Å². The number of carboxylic acid groups (broad SMARTS) is 1. The van der Waals surface area contributed by atoms with Gasteiger partial charge in [-0.3, -0.25) is 9.59 Å². The van der Waals surface area contributed by atoms with E-state index in [4.69, 9.17) is 5.11 Å². The first-order chi connectivity index (χ1) is 8.45. The molecule has 0 aliphatic rings. The van der Waals surface area contributed by atoms with E-state index in [9.17, 15) is 14.4 Å². The molecular formula is C12H16N2O4. The van der Waals surface area contributed by atoms with E-state index >= 15 is 0 Å². The van der Waals surface area contributed by atoms with E-state index in [0.29, 0.717) is 6.42 Å². The first-order valence-corrected chi connectivity index (χ1v) is 5.68. The average Bonchev–Trinajstić information content (AvgIpc) is 2.35. The number of hydrogen-bond donors (Lipinski definition) is 3. The Hall–Kier alpha value is -2.11. The molecule has 6 nitrogen and oxygen atoms in total. The van der Waals surface area contributed by atoms with E-state index in [1.54, 1.807) is 6.92 Å². The Morgan fingerprint density at radius 3 is 2.56 bits per heavy atom. The number of aliphatic carboxylic acids is 1. The molecule has 6 heteroatoms. The lowest BCUT2D eigenvalue weighted by Gasteiger charge is -2.19. The summed E-state index contributed by atoms with van der Waals surface area (Å²) < 4.78 is 0. The fraction of sp³-hybridized carbons (Fsp3) is 0.417. The Morgan fingerprint density at radius 1 is 1.44 bits per heavy atom. The Bertz CT molecular complexity index is 475. The summed E-state index contributed by atoms with van der Waals surface area (Å²) in [6.07, 6.45) is 1.90. The zero-order valence-corrected chi connectivity index (χ0v) is 10.3. The third-order valence-electron chi connectivity index (χ3n) is 2.81. The number of aromatic amines is 1. The molecule has 18 heavy (non-hydrogen) atoms. The number of pyridine rings is 1. The fourth-order valence-corrected chi connectivity index (χ4v) is 1.46. The van der Waals surface area contributed by atoms with Crippen LogP contribution in [0.2, 0.25) is 0 Å². The number of hydrogen-bond acceptors (Lipinski definition) is 3. The lowest BCUT2D eigenvalue weighted by Crippen LogP contribution is -2.45. The first-order valence-electron chi connectivity index (χ1n) is 5.68. The van der Waals surface area contributed by atoms with Crippen molar-refractivity contribution in [2.24, 2.45) is 5.92 Å². The second kappa shape index (κ2) is 6.00. The van der Waals surface area contributed by atoms with E-state index in [1.807, 2.05) is 6.92 Å². The average molecular weight is 252 g/mol. The molecule has 1 aromatic heterocycles. The predicted octanol–water partition coefficient (Wildman–Crippen LogP) is 0.604. The van der Waals surface area contributed by atoms with Gasteiger partial charge in [0.15, 0.2) is 0 Å². The van der Waals surface area contributed by atoms with Gasteiger partial charge in [-0.05, 0) is 12.0 Å². The molecule has 3 N–H and O–H groups in total. The molecule has 0 aliphatic carbocycles. The lowest BCUT2D eigenvalue weighted by molar-refractivity contribution is -0.140. The molecule has 0 spiro atoms. The molecule has 2 atom stereocenters. The van der Waals surface area contributed by atoms with Gasteiger partial charge in [-0.15, -0.1) is 0 Å². The SMILES string of the molecule is CCC(C)C(NC(=O)c1ccc(=O)[nH]c1)C(=O)O. The summed E-state index contributed by atoms with van der Waals surface area (Å²) in [5, 5.41) is 11.5. The maximum absolute atomic E-state index is 11.8. The number of nitrogens with one attached hydrogen (secondary N) is 2. The van der Waals surface area contributed by atoms with Crippen LogP contribution < -0.4 is 10.9 Å². The summed E-state index contributed by atoms with van der Waals surface area (Å²) in [4.78, 5) is 36.1. The van der Waals surface area contributed by atoms with Gasteiger partial charge in [-0.1, -0.05) is 20.3 Å². The van der Waals surface area contributed by atoms with Crippen LogP contribution in [-0.4, -0.2) is 28.0 Å². The summed E-state index contributed by atoms with van der Waals surface area (Å²) in [5.41, 5.74) is -0.0904. The maximum atomic E-state index is 11.8. The third-order valence-corrected chi connectivity index (χ3v) is 2.81. The van der Waals surface area contributed by atoms with Crippen molar-refractivity contribution in [1.82, 2.24) is 10.3 Å². The molecule has 1 heterocycles. The molecule has 0 saturated carbocycles. The number of carbonyl (C=O) groups is 2. The molecule has 1 rings (SSSR count). The van der Waals surface area contributed by atoms with Gasteiger partial charge in [-0.2, -0.15) is 0 Å². The van der Waals surface area contributed by atoms with E-state index < -0.39 is 17.9 Å². The maximum Gasteiger partial charge on any atom is 0.326 e. The number of amides is 1. The minimum Gasteiger partial charge on any atom is -0.480 e. The Kier molecular flexibility index (Phi) is 4.65. The fourth-order valence-electron chi connectivity index (χ4n) is 1.46. The molecule has 0 saturated heterocycles. The van der Waals surface area contributed by atoms with Gasteiger partial charge in [0.05, 0.1) is 5.56 Å².